The Kier molecular flexibility index (Phi) is 53.5. The summed E-state index contributed by atoms with van der Waals surface area (Å²) in [6.07, 6.45) is 66.3. The molecule has 0 bridgehead atoms. The molecular formula is C59H113NO5. The number of aliphatic hydroxyl groups excluding tert-OH is 2. The number of unbranched alkanes of at least 4 members (excludes halogenated alkanes) is 41. The maximum absolute atomic E-state index is 12.5. The van der Waals surface area contributed by atoms with Gasteiger partial charge < -0.3 is 20.3 Å². The molecule has 0 rings (SSSR count). The monoisotopic (exact) mass is 916 g/mol. The second-order valence-corrected chi connectivity index (χ2v) is 20.0. The molecule has 1 amide bonds. The number of nitrogens with one attached hydrogen (secondary N) is 1. The molecule has 0 saturated heterocycles. The van der Waals surface area contributed by atoms with Gasteiger partial charge in [0.25, 0.3) is 0 Å². The Bertz CT molecular complexity index is 1010. The van der Waals surface area contributed by atoms with Crippen molar-refractivity contribution in [3.63, 3.8) is 0 Å². The van der Waals surface area contributed by atoms with Gasteiger partial charge in [0.15, 0.2) is 0 Å². The molecule has 65 heavy (non-hydrogen) atoms. The van der Waals surface area contributed by atoms with E-state index in [0.29, 0.717) is 19.4 Å². The van der Waals surface area contributed by atoms with Crippen LogP contribution in [0.1, 0.15) is 316 Å². The lowest BCUT2D eigenvalue weighted by Crippen LogP contribution is -2.45. The molecule has 384 valence electrons. The fourth-order valence-electron chi connectivity index (χ4n) is 8.98. The molecule has 0 aliphatic carbocycles. The first-order valence-corrected chi connectivity index (χ1v) is 29.1. The summed E-state index contributed by atoms with van der Waals surface area (Å²) >= 11 is 0. The third kappa shape index (κ3) is 51.6. The minimum atomic E-state index is -0.845. The van der Waals surface area contributed by atoms with Crippen molar-refractivity contribution in [1.29, 1.82) is 0 Å². The second kappa shape index (κ2) is 54.9. The predicted molar refractivity (Wildman–Crippen MR) is 283 cm³/mol. The standard InChI is InChI=1S/C59H113NO5/c1-3-5-7-9-11-13-15-17-24-28-31-35-39-43-47-51-57(62)56(55-61)60-58(63)52-48-44-40-36-32-29-25-22-20-18-19-21-23-26-30-34-38-42-46-50-54-65-59(64)53-49-45-41-37-33-27-16-14-12-10-8-6-4-2/h14,16,47,51,56-57,61-62H,3-13,15,17-46,48-50,52-55H2,1-2H3,(H,60,63)/b16-14-,51-47+. The number of allylic oxidation sites excluding steroid dienone is 3. The summed E-state index contributed by atoms with van der Waals surface area (Å²) in [6, 6.07) is -0.629. The average Bonchev–Trinajstić information content (AvgIpc) is 3.31. The maximum Gasteiger partial charge on any atom is 0.305 e. The van der Waals surface area contributed by atoms with Crippen LogP contribution in [0.3, 0.4) is 0 Å². The van der Waals surface area contributed by atoms with Gasteiger partial charge in [0.2, 0.25) is 5.91 Å². The van der Waals surface area contributed by atoms with Crippen LogP contribution in [0.2, 0.25) is 0 Å². The molecule has 0 aliphatic rings. The van der Waals surface area contributed by atoms with Crippen molar-refractivity contribution in [2.75, 3.05) is 13.2 Å². The van der Waals surface area contributed by atoms with Crippen LogP contribution < -0.4 is 5.32 Å². The van der Waals surface area contributed by atoms with Crippen molar-refractivity contribution in [2.24, 2.45) is 0 Å². The molecule has 6 heteroatoms. The van der Waals surface area contributed by atoms with Gasteiger partial charge >= 0.3 is 5.97 Å². The maximum atomic E-state index is 12.5. The van der Waals surface area contributed by atoms with Crippen molar-refractivity contribution in [1.82, 2.24) is 5.32 Å². The van der Waals surface area contributed by atoms with Crippen LogP contribution in [-0.4, -0.2) is 47.4 Å². The lowest BCUT2D eigenvalue weighted by atomic mass is 10.0. The van der Waals surface area contributed by atoms with Gasteiger partial charge in [0, 0.05) is 12.8 Å². The zero-order chi connectivity index (χ0) is 47.2. The minimum absolute atomic E-state index is 0.000741. The average molecular weight is 917 g/mol. The van der Waals surface area contributed by atoms with E-state index in [1.807, 2.05) is 6.08 Å². The first kappa shape index (κ1) is 63.3. The van der Waals surface area contributed by atoms with Crippen molar-refractivity contribution < 1.29 is 24.5 Å². The highest BCUT2D eigenvalue weighted by atomic mass is 16.5. The summed E-state index contributed by atoms with van der Waals surface area (Å²) in [6.45, 7) is 4.89. The number of aliphatic hydroxyl groups is 2. The van der Waals surface area contributed by atoms with Gasteiger partial charge in [0.05, 0.1) is 25.4 Å². The van der Waals surface area contributed by atoms with Gasteiger partial charge in [-0.3, -0.25) is 9.59 Å². The number of ether oxygens (including phenoxy) is 1. The van der Waals surface area contributed by atoms with Crippen LogP contribution in [0.25, 0.3) is 0 Å². The summed E-state index contributed by atoms with van der Waals surface area (Å²) in [5.74, 6) is -0.0680. The Balaban J connectivity index is 3.42. The van der Waals surface area contributed by atoms with Gasteiger partial charge in [-0.1, -0.05) is 269 Å². The fraction of sp³-hybridized carbons (Fsp3) is 0.898. The summed E-state index contributed by atoms with van der Waals surface area (Å²) in [5.41, 5.74) is 0. The van der Waals surface area contributed by atoms with Crippen LogP contribution in [0, 0.1) is 0 Å². The number of carbonyl (C=O) groups excluding carboxylic acids is 2. The van der Waals surface area contributed by atoms with Crippen LogP contribution in [0.5, 0.6) is 0 Å². The third-order valence-electron chi connectivity index (χ3n) is 13.5. The van der Waals surface area contributed by atoms with Gasteiger partial charge in [-0.2, -0.15) is 0 Å². The van der Waals surface area contributed by atoms with Crippen LogP contribution >= 0.6 is 0 Å². The van der Waals surface area contributed by atoms with Crippen molar-refractivity contribution in [2.45, 2.75) is 328 Å². The number of hydrogen-bond donors (Lipinski definition) is 3. The number of hydrogen-bond acceptors (Lipinski definition) is 5. The third-order valence-corrected chi connectivity index (χ3v) is 13.5. The fourth-order valence-corrected chi connectivity index (χ4v) is 8.98. The van der Waals surface area contributed by atoms with E-state index in [2.05, 4.69) is 31.3 Å². The molecule has 0 saturated carbocycles. The summed E-state index contributed by atoms with van der Waals surface area (Å²) < 4.78 is 5.47. The normalized spacial score (nSPS) is 12.7. The molecule has 0 spiro atoms. The molecule has 0 fully saturated rings. The van der Waals surface area contributed by atoms with E-state index in [-0.39, 0.29) is 18.5 Å². The molecular weight excluding hydrogens is 803 g/mol. The van der Waals surface area contributed by atoms with Crippen LogP contribution in [-0.2, 0) is 14.3 Å². The Morgan fingerprint density at radius 2 is 0.723 bits per heavy atom. The minimum Gasteiger partial charge on any atom is -0.466 e. The quantitative estimate of drug-likeness (QED) is 0.0321. The van der Waals surface area contributed by atoms with E-state index < -0.39 is 12.1 Å². The molecule has 0 aromatic carbocycles. The molecule has 0 aromatic heterocycles. The van der Waals surface area contributed by atoms with Crippen LogP contribution in [0.15, 0.2) is 24.3 Å². The summed E-state index contributed by atoms with van der Waals surface area (Å²) in [7, 11) is 0. The molecule has 0 aromatic rings. The van der Waals surface area contributed by atoms with Crippen molar-refractivity contribution in [3.8, 4) is 0 Å². The van der Waals surface area contributed by atoms with E-state index >= 15 is 0 Å². The van der Waals surface area contributed by atoms with Crippen molar-refractivity contribution >= 4 is 11.9 Å². The topological polar surface area (TPSA) is 95.9 Å². The van der Waals surface area contributed by atoms with E-state index in [0.717, 1.165) is 44.9 Å². The molecule has 0 aliphatic heterocycles. The number of amides is 1. The highest BCUT2D eigenvalue weighted by molar-refractivity contribution is 5.76. The largest absolute Gasteiger partial charge is 0.466 e. The number of rotatable bonds is 54. The van der Waals surface area contributed by atoms with Gasteiger partial charge in [-0.25, -0.2) is 0 Å². The first-order chi connectivity index (χ1) is 32.0. The Morgan fingerprint density at radius 3 is 1.11 bits per heavy atom. The Labute approximate surface area is 405 Å². The van der Waals surface area contributed by atoms with E-state index in [9.17, 15) is 19.8 Å². The predicted octanol–water partition coefficient (Wildman–Crippen LogP) is 17.9. The molecule has 0 radical (unpaired) electrons. The molecule has 3 N–H and O–H groups in total. The molecule has 0 heterocycles. The SMILES string of the molecule is CCCCCC/C=C\CCCCCCCC(=O)OCCCCCCCCCCCCCCCCCCCCCCC(=O)NC(CO)C(O)/C=C/CCCCCCCCCCCCCCC. The summed E-state index contributed by atoms with van der Waals surface area (Å²) in [4.78, 5) is 24.5. The van der Waals surface area contributed by atoms with Gasteiger partial charge in [0.1, 0.15) is 0 Å². The number of carbonyl (C=O) groups is 2. The summed E-state index contributed by atoms with van der Waals surface area (Å²) in [5, 5.41) is 23.1. The van der Waals surface area contributed by atoms with E-state index in [1.165, 1.54) is 244 Å². The molecule has 2 unspecified atom stereocenters. The lowest BCUT2D eigenvalue weighted by molar-refractivity contribution is -0.143. The molecule has 2 atom stereocenters. The van der Waals surface area contributed by atoms with Gasteiger partial charge in [-0.05, 0) is 57.8 Å². The lowest BCUT2D eigenvalue weighted by Gasteiger charge is -2.20. The Morgan fingerprint density at radius 1 is 0.415 bits per heavy atom. The highest BCUT2D eigenvalue weighted by Crippen LogP contribution is 2.17. The second-order valence-electron chi connectivity index (χ2n) is 20.0. The number of esters is 1. The highest BCUT2D eigenvalue weighted by Gasteiger charge is 2.18. The smallest absolute Gasteiger partial charge is 0.305 e. The van der Waals surface area contributed by atoms with E-state index in [4.69, 9.17) is 4.74 Å². The van der Waals surface area contributed by atoms with Crippen LogP contribution in [0.4, 0.5) is 0 Å². The first-order valence-electron chi connectivity index (χ1n) is 29.1. The van der Waals surface area contributed by atoms with Crippen molar-refractivity contribution in [3.05, 3.63) is 24.3 Å². The molecule has 6 nitrogen and oxygen atoms in total. The van der Waals surface area contributed by atoms with E-state index in [1.54, 1.807) is 6.08 Å². The van der Waals surface area contributed by atoms with Gasteiger partial charge in [-0.15, -0.1) is 0 Å². The Hall–Kier alpha value is -1.66. The zero-order valence-electron chi connectivity index (χ0n) is 43.7. The zero-order valence-corrected chi connectivity index (χ0v) is 43.7.